The minimum absolute atomic E-state index is 0.0432. The molecular weight excluding hydrogens is 221 g/mol. The third-order valence-electron chi connectivity index (χ3n) is 3.20. The van der Waals surface area contributed by atoms with Crippen molar-refractivity contribution >= 4 is 0 Å². The zero-order chi connectivity index (χ0) is 12.3. The number of likely N-dealkylation sites (N-methyl/N-ethyl adjacent to an activating group) is 1. The number of halogens is 1. The third-order valence-corrected chi connectivity index (χ3v) is 3.20. The third kappa shape index (κ3) is 2.42. The molecule has 4 heteroatoms. The Hall–Kier alpha value is -1.13. The standard InChI is InChI=1S/C13H18FNO2/c1-15-13(11-7-4-8-17-11)9-5-3-6-10(16-2)12(9)14/h3,5-6,11,13,15H,4,7-8H2,1-2H3. The Kier molecular flexibility index (Phi) is 3.97. The van der Waals surface area contributed by atoms with Gasteiger partial charge >= 0.3 is 0 Å². The van der Waals surface area contributed by atoms with Crippen molar-refractivity contribution < 1.29 is 13.9 Å². The normalized spacial score (nSPS) is 21.5. The molecule has 0 radical (unpaired) electrons. The van der Waals surface area contributed by atoms with Crippen LogP contribution in [0.1, 0.15) is 24.4 Å². The van der Waals surface area contributed by atoms with Crippen LogP contribution in [0.5, 0.6) is 5.75 Å². The lowest BCUT2D eigenvalue weighted by Crippen LogP contribution is -2.29. The highest BCUT2D eigenvalue weighted by atomic mass is 19.1. The van der Waals surface area contributed by atoms with Gasteiger partial charge in [-0.3, -0.25) is 0 Å². The average Bonchev–Trinajstić information content (AvgIpc) is 2.86. The van der Waals surface area contributed by atoms with Crippen molar-refractivity contribution in [2.24, 2.45) is 0 Å². The van der Waals surface area contributed by atoms with Crippen LogP contribution in [-0.4, -0.2) is 26.9 Å². The molecule has 1 aliphatic heterocycles. The van der Waals surface area contributed by atoms with Crippen molar-refractivity contribution in [1.29, 1.82) is 0 Å². The first kappa shape index (κ1) is 12.3. The molecule has 94 valence electrons. The number of methoxy groups -OCH3 is 1. The van der Waals surface area contributed by atoms with Gasteiger partial charge in [0.05, 0.1) is 19.3 Å². The van der Waals surface area contributed by atoms with E-state index in [1.54, 1.807) is 18.2 Å². The van der Waals surface area contributed by atoms with Crippen molar-refractivity contribution in [1.82, 2.24) is 5.32 Å². The van der Waals surface area contributed by atoms with Crippen molar-refractivity contribution in [3.8, 4) is 5.75 Å². The molecule has 1 N–H and O–H groups in total. The summed E-state index contributed by atoms with van der Waals surface area (Å²) in [5.74, 6) is -0.0226. The van der Waals surface area contributed by atoms with Gasteiger partial charge in [-0.05, 0) is 26.0 Å². The molecule has 0 aliphatic carbocycles. The largest absolute Gasteiger partial charge is 0.494 e. The Bertz CT molecular complexity index is 378. The van der Waals surface area contributed by atoms with Gasteiger partial charge in [0, 0.05) is 12.2 Å². The Morgan fingerprint density at radius 1 is 1.53 bits per heavy atom. The van der Waals surface area contributed by atoms with E-state index in [2.05, 4.69) is 5.32 Å². The smallest absolute Gasteiger partial charge is 0.169 e. The fourth-order valence-electron chi connectivity index (χ4n) is 2.33. The lowest BCUT2D eigenvalue weighted by Gasteiger charge is -2.23. The second-order valence-electron chi connectivity index (χ2n) is 4.18. The summed E-state index contributed by atoms with van der Waals surface area (Å²) in [5.41, 5.74) is 0.610. The maximum Gasteiger partial charge on any atom is 0.169 e. The number of ether oxygens (including phenoxy) is 2. The van der Waals surface area contributed by atoms with Crippen LogP contribution in [0.2, 0.25) is 0 Å². The molecule has 2 rings (SSSR count). The summed E-state index contributed by atoms with van der Waals surface area (Å²) in [4.78, 5) is 0. The molecule has 1 fully saturated rings. The van der Waals surface area contributed by atoms with Crippen LogP contribution in [0.4, 0.5) is 4.39 Å². The van der Waals surface area contributed by atoms with Crippen molar-refractivity contribution in [3.63, 3.8) is 0 Å². The van der Waals surface area contributed by atoms with E-state index in [1.165, 1.54) is 7.11 Å². The van der Waals surface area contributed by atoms with Crippen molar-refractivity contribution in [3.05, 3.63) is 29.6 Å². The van der Waals surface area contributed by atoms with Crippen molar-refractivity contribution in [2.75, 3.05) is 20.8 Å². The summed E-state index contributed by atoms with van der Waals surface area (Å²) in [5, 5.41) is 3.13. The Balaban J connectivity index is 2.29. The van der Waals surface area contributed by atoms with Gasteiger partial charge < -0.3 is 14.8 Å². The van der Waals surface area contributed by atoms with E-state index in [1.807, 2.05) is 7.05 Å². The van der Waals surface area contributed by atoms with Gasteiger partial charge in [0.15, 0.2) is 11.6 Å². The Morgan fingerprint density at radius 2 is 2.35 bits per heavy atom. The molecule has 1 heterocycles. The second-order valence-corrected chi connectivity index (χ2v) is 4.18. The maximum atomic E-state index is 14.1. The van der Waals surface area contributed by atoms with Crippen LogP contribution in [-0.2, 0) is 4.74 Å². The summed E-state index contributed by atoms with van der Waals surface area (Å²) in [6.45, 7) is 0.758. The molecule has 1 aliphatic rings. The van der Waals surface area contributed by atoms with Crippen LogP contribution in [0.3, 0.4) is 0 Å². The van der Waals surface area contributed by atoms with E-state index in [0.717, 1.165) is 19.4 Å². The van der Waals surface area contributed by atoms with E-state index in [-0.39, 0.29) is 23.7 Å². The van der Waals surface area contributed by atoms with Gasteiger partial charge in [-0.1, -0.05) is 12.1 Å². The molecule has 1 aromatic carbocycles. The molecule has 1 aromatic rings. The molecule has 0 aromatic heterocycles. The number of rotatable bonds is 4. The predicted molar refractivity (Wildman–Crippen MR) is 63.7 cm³/mol. The molecule has 0 saturated carbocycles. The van der Waals surface area contributed by atoms with Gasteiger partial charge in [0.25, 0.3) is 0 Å². The van der Waals surface area contributed by atoms with Gasteiger partial charge in [0.1, 0.15) is 0 Å². The molecule has 0 amide bonds. The second kappa shape index (κ2) is 5.47. The SMILES string of the molecule is CNC(c1cccc(OC)c1F)C1CCCO1. The summed E-state index contributed by atoms with van der Waals surface area (Å²) >= 11 is 0. The Labute approximate surface area is 101 Å². The number of hydrogen-bond donors (Lipinski definition) is 1. The first-order chi connectivity index (χ1) is 8.27. The molecule has 1 saturated heterocycles. The monoisotopic (exact) mass is 239 g/mol. The minimum Gasteiger partial charge on any atom is -0.494 e. The van der Waals surface area contributed by atoms with Crippen LogP contribution >= 0.6 is 0 Å². The molecule has 17 heavy (non-hydrogen) atoms. The highest BCUT2D eigenvalue weighted by Gasteiger charge is 2.28. The van der Waals surface area contributed by atoms with E-state index in [4.69, 9.17) is 9.47 Å². The fraction of sp³-hybridized carbons (Fsp3) is 0.538. The summed E-state index contributed by atoms with van der Waals surface area (Å²) in [6.07, 6.45) is 2.04. The van der Waals surface area contributed by atoms with Gasteiger partial charge in [-0.2, -0.15) is 0 Å². The molecule has 2 atom stereocenters. The molecule has 0 bridgehead atoms. The summed E-state index contributed by atoms with van der Waals surface area (Å²) < 4.78 is 24.8. The van der Waals surface area contributed by atoms with Crippen LogP contribution in [0, 0.1) is 5.82 Å². The lowest BCUT2D eigenvalue weighted by atomic mass is 9.98. The zero-order valence-electron chi connectivity index (χ0n) is 10.2. The quantitative estimate of drug-likeness (QED) is 0.874. The number of benzene rings is 1. The topological polar surface area (TPSA) is 30.5 Å². The summed E-state index contributed by atoms with van der Waals surface area (Å²) in [6, 6.07) is 5.09. The Morgan fingerprint density at radius 3 is 2.94 bits per heavy atom. The van der Waals surface area contributed by atoms with E-state index in [0.29, 0.717) is 5.56 Å². The highest BCUT2D eigenvalue weighted by molar-refractivity contribution is 5.33. The zero-order valence-corrected chi connectivity index (χ0v) is 10.2. The molecular formula is C13H18FNO2. The number of hydrogen-bond acceptors (Lipinski definition) is 3. The van der Waals surface area contributed by atoms with Gasteiger partial charge in [0.2, 0.25) is 0 Å². The fourth-order valence-corrected chi connectivity index (χ4v) is 2.33. The first-order valence-corrected chi connectivity index (χ1v) is 5.89. The minimum atomic E-state index is -0.301. The molecule has 0 spiro atoms. The number of nitrogens with one attached hydrogen (secondary N) is 1. The van der Waals surface area contributed by atoms with Gasteiger partial charge in [-0.15, -0.1) is 0 Å². The first-order valence-electron chi connectivity index (χ1n) is 5.89. The molecule has 2 unspecified atom stereocenters. The van der Waals surface area contributed by atoms with E-state index in [9.17, 15) is 4.39 Å². The highest BCUT2D eigenvalue weighted by Crippen LogP contribution is 2.31. The summed E-state index contributed by atoms with van der Waals surface area (Å²) in [7, 11) is 3.30. The lowest BCUT2D eigenvalue weighted by molar-refractivity contribution is 0.0795. The van der Waals surface area contributed by atoms with E-state index >= 15 is 0 Å². The molecule has 3 nitrogen and oxygen atoms in total. The van der Waals surface area contributed by atoms with E-state index < -0.39 is 0 Å². The van der Waals surface area contributed by atoms with Crippen LogP contribution < -0.4 is 10.1 Å². The van der Waals surface area contributed by atoms with Crippen LogP contribution in [0.15, 0.2) is 18.2 Å². The average molecular weight is 239 g/mol. The van der Waals surface area contributed by atoms with Crippen LogP contribution in [0.25, 0.3) is 0 Å². The maximum absolute atomic E-state index is 14.1. The van der Waals surface area contributed by atoms with Crippen molar-refractivity contribution in [2.45, 2.75) is 25.0 Å². The van der Waals surface area contributed by atoms with Gasteiger partial charge in [-0.25, -0.2) is 4.39 Å². The predicted octanol–water partition coefficient (Wildman–Crippen LogP) is 2.27.